The van der Waals surface area contributed by atoms with Gasteiger partial charge in [0.2, 0.25) is 0 Å². The van der Waals surface area contributed by atoms with Crippen molar-refractivity contribution in [3.05, 3.63) is 23.0 Å². The molecule has 0 amide bonds. The lowest BCUT2D eigenvalue weighted by molar-refractivity contribution is 0.146. The van der Waals surface area contributed by atoms with E-state index in [4.69, 9.17) is 21.6 Å². The van der Waals surface area contributed by atoms with E-state index < -0.39 is 6.43 Å². The Morgan fingerprint density at radius 1 is 1.62 bits per heavy atom. The summed E-state index contributed by atoms with van der Waals surface area (Å²) in [6, 6.07) is 3.02. The first kappa shape index (κ1) is 12.7. The molecular weight excluding hydrogens is 238 g/mol. The van der Waals surface area contributed by atoms with Crippen molar-refractivity contribution in [1.29, 1.82) is 5.26 Å². The van der Waals surface area contributed by atoms with Crippen LogP contribution < -0.4 is 4.74 Å². The SMILES string of the molecule is COc1c(C(F)F)cc(CC#N)nc1CCl. The molecule has 86 valence electrons. The lowest BCUT2D eigenvalue weighted by Crippen LogP contribution is -2.03. The van der Waals surface area contributed by atoms with E-state index in [9.17, 15) is 8.78 Å². The van der Waals surface area contributed by atoms with Gasteiger partial charge in [-0.2, -0.15) is 5.26 Å². The van der Waals surface area contributed by atoms with Crippen molar-refractivity contribution in [2.45, 2.75) is 18.7 Å². The van der Waals surface area contributed by atoms with Gasteiger partial charge < -0.3 is 4.74 Å². The number of nitrogens with zero attached hydrogens (tertiary/aromatic N) is 2. The van der Waals surface area contributed by atoms with Crippen LogP contribution in [0.15, 0.2) is 6.07 Å². The summed E-state index contributed by atoms with van der Waals surface area (Å²) in [6.45, 7) is 0. The zero-order valence-corrected chi connectivity index (χ0v) is 9.26. The van der Waals surface area contributed by atoms with Crippen LogP contribution in [-0.2, 0) is 12.3 Å². The molecule has 0 aliphatic carbocycles. The number of methoxy groups -OCH3 is 1. The first-order chi connectivity index (χ1) is 7.63. The molecule has 0 saturated carbocycles. The van der Waals surface area contributed by atoms with Crippen LogP contribution in [0.25, 0.3) is 0 Å². The molecule has 0 aliphatic heterocycles. The van der Waals surface area contributed by atoms with E-state index in [1.165, 1.54) is 13.2 Å². The van der Waals surface area contributed by atoms with Crippen LogP contribution in [0.3, 0.4) is 0 Å². The normalized spacial score (nSPS) is 10.2. The molecule has 3 nitrogen and oxygen atoms in total. The fourth-order valence-corrected chi connectivity index (χ4v) is 1.51. The van der Waals surface area contributed by atoms with E-state index in [0.717, 1.165) is 0 Å². The molecule has 0 unspecified atom stereocenters. The van der Waals surface area contributed by atoms with Gasteiger partial charge in [0.25, 0.3) is 6.43 Å². The molecule has 0 fully saturated rings. The molecular formula is C10H9ClF2N2O. The fourth-order valence-electron chi connectivity index (χ4n) is 1.33. The summed E-state index contributed by atoms with van der Waals surface area (Å²) < 4.78 is 30.3. The molecule has 6 heteroatoms. The minimum Gasteiger partial charge on any atom is -0.494 e. The number of nitriles is 1. The number of hydrogen-bond acceptors (Lipinski definition) is 3. The fraction of sp³-hybridized carbons (Fsp3) is 0.400. The summed E-state index contributed by atoms with van der Waals surface area (Å²) in [6.07, 6.45) is -2.72. The molecule has 0 atom stereocenters. The number of aromatic nitrogens is 1. The molecule has 1 aromatic rings. The Hall–Kier alpha value is -1.41. The molecule has 0 aromatic carbocycles. The summed E-state index contributed by atoms with van der Waals surface area (Å²) in [5, 5.41) is 8.50. The van der Waals surface area contributed by atoms with E-state index in [1.54, 1.807) is 0 Å². The molecule has 1 rings (SSSR count). The Bertz CT molecular complexity index is 418. The van der Waals surface area contributed by atoms with Crippen molar-refractivity contribution in [1.82, 2.24) is 4.98 Å². The second-order valence-electron chi connectivity index (χ2n) is 2.95. The predicted octanol–water partition coefficient (Wildman–Crippen LogP) is 2.83. The van der Waals surface area contributed by atoms with Crippen molar-refractivity contribution < 1.29 is 13.5 Å². The van der Waals surface area contributed by atoms with E-state index in [-0.39, 0.29) is 35.0 Å². The molecule has 16 heavy (non-hydrogen) atoms. The molecule has 0 radical (unpaired) electrons. The van der Waals surface area contributed by atoms with Crippen molar-refractivity contribution in [3.8, 4) is 11.8 Å². The summed E-state index contributed by atoms with van der Waals surface area (Å²) >= 11 is 5.59. The molecule has 1 aromatic heterocycles. The molecule has 0 N–H and O–H groups in total. The lowest BCUT2D eigenvalue weighted by Gasteiger charge is -2.12. The topological polar surface area (TPSA) is 45.9 Å². The second kappa shape index (κ2) is 5.61. The van der Waals surface area contributed by atoms with Crippen molar-refractivity contribution in [2.24, 2.45) is 0 Å². The van der Waals surface area contributed by atoms with Gasteiger partial charge in [-0.25, -0.2) is 8.78 Å². The van der Waals surface area contributed by atoms with Crippen LogP contribution in [-0.4, -0.2) is 12.1 Å². The van der Waals surface area contributed by atoms with Gasteiger partial charge in [0.05, 0.1) is 42.4 Å². The van der Waals surface area contributed by atoms with Gasteiger partial charge >= 0.3 is 0 Å². The zero-order valence-electron chi connectivity index (χ0n) is 8.51. The van der Waals surface area contributed by atoms with E-state index >= 15 is 0 Å². The van der Waals surface area contributed by atoms with Gasteiger partial charge in [0.1, 0.15) is 0 Å². The third-order valence-electron chi connectivity index (χ3n) is 1.95. The van der Waals surface area contributed by atoms with Crippen molar-refractivity contribution in [2.75, 3.05) is 7.11 Å². The minimum atomic E-state index is -2.68. The predicted molar refractivity (Wildman–Crippen MR) is 54.6 cm³/mol. The number of hydrogen-bond donors (Lipinski definition) is 0. The average Bonchev–Trinajstić information content (AvgIpc) is 2.28. The smallest absolute Gasteiger partial charge is 0.267 e. The number of pyridine rings is 1. The monoisotopic (exact) mass is 246 g/mol. The van der Waals surface area contributed by atoms with Gasteiger partial charge in [-0.1, -0.05) is 0 Å². The minimum absolute atomic E-state index is 0.00769. The Labute approximate surface area is 96.6 Å². The molecule has 0 saturated heterocycles. The summed E-state index contributed by atoms with van der Waals surface area (Å²) in [7, 11) is 1.28. The Morgan fingerprint density at radius 3 is 2.75 bits per heavy atom. The third-order valence-corrected chi connectivity index (χ3v) is 2.20. The summed E-state index contributed by atoms with van der Waals surface area (Å²) in [5.74, 6) is -0.0472. The second-order valence-corrected chi connectivity index (χ2v) is 3.22. The standard InChI is InChI=1S/C10H9ClF2N2O/c1-16-9-7(10(12)13)4-6(2-3-14)15-8(9)5-11/h4,10H,2,5H2,1H3. The van der Waals surface area contributed by atoms with E-state index in [0.29, 0.717) is 0 Å². The number of ether oxygens (including phenoxy) is 1. The maximum absolute atomic E-state index is 12.7. The van der Waals surface area contributed by atoms with Crippen molar-refractivity contribution in [3.63, 3.8) is 0 Å². The van der Waals surface area contributed by atoms with E-state index in [2.05, 4.69) is 4.98 Å². The first-order valence-electron chi connectivity index (χ1n) is 4.41. The zero-order chi connectivity index (χ0) is 12.1. The maximum Gasteiger partial charge on any atom is 0.267 e. The largest absolute Gasteiger partial charge is 0.494 e. The van der Waals surface area contributed by atoms with Crippen LogP contribution >= 0.6 is 11.6 Å². The highest BCUT2D eigenvalue weighted by Crippen LogP contribution is 2.32. The Morgan fingerprint density at radius 2 is 2.31 bits per heavy atom. The Kier molecular flexibility index (Phi) is 4.44. The van der Waals surface area contributed by atoms with Gasteiger partial charge in [0, 0.05) is 0 Å². The molecule has 0 spiro atoms. The first-order valence-corrected chi connectivity index (χ1v) is 4.95. The molecule has 0 bridgehead atoms. The molecule has 1 heterocycles. The molecule has 0 aliphatic rings. The van der Waals surface area contributed by atoms with Gasteiger partial charge in [-0.15, -0.1) is 11.6 Å². The third kappa shape index (κ3) is 2.58. The highest BCUT2D eigenvalue weighted by Gasteiger charge is 2.19. The van der Waals surface area contributed by atoms with Crippen LogP contribution in [0.2, 0.25) is 0 Å². The summed E-state index contributed by atoms with van der Waals surface area (Å²) in [5.41, 5.74) is 0.222. The highest BCUT2D eigenvalue weighted by molar-refractivity contribution is 6.17. The number of alkyl halides is 3. The van der Waals surface area contributed by atoms with Gasteiger partial charge in [-0.3, -0.25) is 4.98 Å². The van der Waals surface area contributed by atoms with Gasteiger partial charge in [-0.05, 0) is 6.07 Å². The quantitative estimate of drug-likeness (QED) is 0.768. The van der Waals surface area contributed by atoms with Crippen LogP contribution in [0.1, 0.15) is 23.4 Å². The number of rotatable bonds is 4. The van der Waals surface area contributed by atoms with Crippen LogP contribution in [0.4, 0.5) is 8.78 Å². The van der Waals surface area contributed by atoms with E-state index in [1.807, 2.05) is 6.07 Å². The maximum atomic E-state index is 12.7. The Balaban J connectivity index is 3.32. The van der Waals surface area contributed by atoms with Crippen LogP contribution in [0.5, 0.6) is 5.75 Å². The summed E-state index contributed by atoms with van der Waals surface area (Å²) in [4.78, 5) is 3.98. The highest BCUT2D eigenvalue weighted by atomic mass is 35.5. The average molecular weight is 247 g/mol. The number of halogens is 3. The van der Waals surface area contributed by atoms with Crippen LogP contribution in [0, 0.1) is 11.3 Å². The van der Waals surface area contributed by atoms with Gasteiger partial charge in [0.15, 0.2) is 5.75 Å². The lowest BCUT2D eigenvalue weighted by atomic mass is 10.1. The van der Waals surface area contributed by atoms with Crippen molar-refractivity contribution >= 4 is 11.6 Å².